The Morgan fingerprint density at radius 3 is 2.25 bits per heavy atom. The third kappa shape index (κ3) is 6.16. The highest BCUT2D eigenvalue weighted by Gasteiger charge is 2.26. The summed E-state index contributed by atoms with van der Waals surface area (Å²) < 4.78 is 31.1. The average Bonchev–Trinajstić information content (AvgIpc) is 2.26. The van der Waals surface area contributed by atoms with E-state index < -0.39 is 27.3 Å². The van der Waals surface area contributed by atoms with E-state index in [1.165, 1.54) is 0 Å². The van der Waals surface area contributed by atoms with Crippen LogP contribution in [0.2, 0.25) is 0 Å². The fraction of sp³-hybridized carbons (Fsp3) is 0.500. The van der Waals surface area contributed by atoms with Crippen molar-refractivity contribution in [2.75, 3.05) is 5.75 Å². The maximum Gasteiger partial charge on any atom is 0.266 e. The third-order valence-electron chi connectivity index (χ3n) is 2.75. The molecule has 1 amide bonds. The van der Waals surface area contributed by atoms with Crippen LogP contribution in [0.15, 0.2) is 30.3 Å². The summed E-state index contributed by atoms with van der Waals surface area (Å²) in [5.74, 6) is -0.744. The summed E-state index contributed by atoms with van der Waals surface area (Å²) in [6.07, 6.45) is 0.350. The summed E-state index contributed by atoms with van der Waals surface area (Å²) in [5.41, 5.74) is 0.282. The number of hydrogen-bond donors (Lipinski definition) is 2. The minimum Gasteiger partial charge on any atom is -0.351 e. The van der Waals surface area contributed by atoms with Crippen molar-refractivity contribution in [3.05, 3.63) is 35.9 Å². The van der Waals surface area contributed by atoms with Gasteiger partial charge in [0.15, 0.2) is 0 Å². The Kier molecular flexibility index (Phi) is 5.30. The summed E-state index contributed by atoms with van der Waals surface area (Å²) in [4.78, 5) is 12.0. The fourth-order valence-electron chi connectivity index (χ4n) is 1.71. The number of nitrogens with one attached hydrogen (secondary N) is 1. The van der Waals surface area contributed by atoms with Gasteiger partial charge in [0, 0.05) is 11.5 Å². The van der Waals surface area contributed by atoms with Gasteiger partial charge in [-0.2, -0.15) is 8.42 Å². The molecule has 0 radical (unpaired) electrons. The molecule has 0 aliphatic heterocycles. The molecule has 112 valence electrons. The molecule has 0 aliphatic rings. The van der Waals surface area contributed by atoms with Gasteiger partial charge in [-0.15, -0.1) is 0 Å². The SMILES string of the molecule is CC(C)(C)C(=O)NC(Cc1ccccc1)CS(=O)(=O)O. The number of carbonyl (C=O) groups excluding carboxylic acids is 1. The van der Waals surface area contributed by atoms with Crippen LogP contribution in [0.4, 0.5) is 0 Å². The number of hydrogen-bond acceptors (Lipinski definition) is 3. The second kappa shape index (κ2) is 6.37. The molecule has 1 aromatic rings. The highest BCUT2D eigenvalue weighted by molar-refractivity contribution is 7.85. The van der Waals surface area contributed by atoms with Crippen molar-refractivity contribution in [1.29, 1.82) is 0 Å². The molecule has 0 aromatic heterocycles. The molecule has 0 heterocycles. The van der Waals surface area contributed by atoms with E-state index in [1.54, 1.807) is 20.8 Å². The Bertz CT molecular complexity index is 546. The quantitative estimate of drug-likeness (QED) is 0.810. The molecular weight excluding hydrogens is 278 g/mol. The van der Waals surface area contributed by atoms with Gasteiger partial charge in [-0.1, -0.05) is 51.1 Å². The highest BCUT2D eigenvalue weighted by Crippen LogP contribution is 2.14. The molecule has 2 N–H and O–H groups in total. The Labute approximate surface area is 120 Å². The number of benzene rings is 1. The summed E-state index contributed by atoms with van der Waals surface area (Å²) in [5, 5.41) is 2.68. The molecule has 0 spiro atoms. The molecule has 0 aliphatic carbocycles. The highest BCUT2D eigenvalue weighted by atomic mass is 32.2. The van der Waals surface area contributed by atoms with E-state index in [0.29, 0.717) is 6.42 Å². The van der Waals surface area contributed by atoms with Crippen LogP contribution in [0, 0.1) is 5.41 Å². The topological polar surface area (TPSA) is 83.5 Å². The number of rotatable bonds is 5. The van der Waals surface area contributed by atoms with Gasteiger partial charge < -0.3 is 5.32 Å². The Morgan fingerprint density at radius 2 is 1.80 bits per heavy atom. The molecule has 1 unspecified atom stereocenters. The van der Waals surface area contributed by atoms with Crippen molar-refractivity contribution in [3.8, 4) is 0 Å². The van der Waals surface area contributed by atoms with Crippen LogP contribution >= 0.6 is 0 Å². The van der Waals surface area contributed by atoms with Crippen LogP contribution in [-0.2, 0) is 21.3 Å². The lowest BCUT2D eigenvalue weighted by Crippen LogP contribution is -2.46. The molecule has 1 atom stereocenters. The predicted molar refractivity (Wildman–Crippen MR) is 77.9 cm³/mol. The van der Waals surface area contributed by atoms with Gasteiger partial charge >= 0.3 is 0 Å². The Hall–Kier alpha value is -1.40. The van der Waals surface area contributed by atoms with E-state index in [0.717, 1.165) is 5.56 Å². The average molecular weight is 299 g/mol. The van der Waals surface area contributed by atoms with Crippen molar-refractivity contribution in [2.45, 2.75) is 33.2 Å². The lowest BCUT2D eigenvalue weighted by molar-refractivity contribution is -0.129. The van der Waals surface area contributed by atoms with E-state index in [9.17, 15) is 13.2 Å². The fourth-order valence-corrected chi connectivity index (χ4v) is 2.42. The minimum atomic E-state index is -4.15. The largest absolute Gasteiger partial charge is 0.351 e. The predicted octanol–water partition coefficient (Wildman–Crippen LogP) is 1.65. The molecule has 1 rings (SSSR count). The van der Waals surface area contributed by atoms with Gasteiger partial charge in [0.2, 0.25) is 5.91 Å². The lowest BCUT2D eigenvalue weighted by atomic mass is 9.95. The summed E-state index contributed by atoms with van der Waals surface area (Å²) in [6, 6.07) is 8.57. The molecular formula is C14H21NO4S. The number of amides is 1. The molecule has 0 bridgehead atoms. The molecule has 6 heteroatoms. The van der Waals surface area contributed by atoms with Crippen molar-refractivity contribution in [1.82, 2.24) is 5.32 Å². The first-order chi connectivity index (χ1) is 9.08. The van der Waals surface area contributed by atoms with Gasteiger partial charge in [-0.3, -0.25) is 9.35 Å². The van der Waals surface area contributed by atoms with E-state index in [-0.39, 0.29) is 5.91 Å². The first-order valence-electron chi connectivity index (χ1n) is 6.38. The minimum absolute atomic E-state index is 0.248. The lowest BCUT2D eigenvalue weighted by Gasteiger charge is -2.23. The van der Waals surface area contributed by atoms with E-state index in [2.05, 4.69) is 5.32 Å². The Balaban J connectivity index is 2.83. The van der Waals surface area contributed by atoms with Crippen LogP contribution < -0.4 is 5.32 Å². The zero-order valence-electron chi connectivity index (χ0n) is 12.0. The number of carbonyl (C=O) groups is 1. The smallest absolute Gasteiger partial charge is 0.266 e. The van der Waals surface area contributed by atoms with Crippen molar-refractivity contribution >= 4 is 16.0 Å². The van der Waals surface area contributed by atoms with Crippen LogP contribution in [0.25, 0.3) is 0 Å². The summed E-state index contributed by atoms with van der Waals surface area (Å²) >= 11 is 0. The summed E-state index contributed by atoms with van der Waals surface area (Å²) in [6.45, 7) is 5.24. The van der Waals surface area contributed by atoms with Crippen LogP contribution in [0.1, 0.15) is 26.3 Å². The second-order valence-corrected chi connectivity index (χ2v) is 7.36. The van der Waals surface area contributed by atoms with Gasteiger partial charge in [0.05, 0.1) is 5.75 Å². The normalized spacial score (nSPS) is 13.8. The monoisotopic (exact) mass is 299 g/mol. The zero-order chi connectivity index (χ0) is 15.4. The Morgan fingerprint density at radius 1 is 1.25 bits per heavy atom. The maximum atomic E-state index is 12.0. The molecule has 5 nitrogen and oxygen atoms in total. The third-order valence-corrected chi connectivity index (χ3v) is 3.58. The molecule has 1 aromatic carbocycles. The van der Waals surface area contributed by atoms with Gasteiger partial charge in [0.25, 0.3) is 10.1 Å². The first-order valence-corrected chi connectivity index (χ1v) is 7.99. The molecule has 0 saturated heterocycles. The van der Waals surface area contributed by atoms with Gasteiger partial charge in [-0.05, 0) is 12.0 Å². The van der Waals surface area contributed by atoms with Crippen LogP contribution in [-0.4, -0.2) is 30.7 Å². The maximum absolute atomic E-state index is 12.0. The van der Waals surface area contributed by atoms with Crippen molar-refractivity contribution in [3.63, 3.8) is 0 Å². The van der Waals surface area contributed by atoms with Gasteiger partial charge in [0.1, 0.15) is 0 Å². The molecule has 0 fully saturated rings. The standard InChI is InChI=1S/C14H21NO4S/c1-14(2,3)13(16)15-12(10-20(17,18)19)9-11-7-5-4-6-8-11/h4-8,12H,9-10H2,1-3H3,(H,15,16)(H,17,18,19). The molecule has 20 heavy (non-hydrogen) atoms. The van der Waals surface area contributed by atoms with E-state index in [1.807, 2.05) is 30.3 Å². The first kappa shape index (κ1) is 16.7. The summed E-state index contributed by atoms with van der Waals surface area (Å²) in [7, 11) is -4.15. The van der Waals surface area contributed by atoms with Crippen molar-refractivity contribution < 1.29 is 17.8 Å². The van der Waals surface area contributed by atoms with Gasteiger partial charge in [-0.25, -0.2) is 0 Å². The van der Waals surface area contributed by atoms with Crippen LogP contribution in [0.5, 0.6) is 0 Å². The second-order valence-electron chi connectivity index (χ2n) is 5.86. The van der Waals surface area contributed by atoms with Crippen molar-refractivity contribution in [2.24, 2.45) is 5.41 Å². The van der Waals surface area contributed by atoms with E-state index >= 15 is 0 Å². The van der Waals surface area contributed by atoms with Crippen LogP contribution in [0.3, 0.4) is 0 Å². The molecule has 0 saturated carbocycles. The van der Waals surface area contributed by atoms with E-state index in [4.69, 9.17) is 4.55 Å². The zero-order valence-corrected chi connectivity index (χ0v) is 12.8.